The third-order valence-electron chi connectivity index (χ3n) is 2.87. The zero-order chi connectivity index (χ0) is 11.4. The number of halogens is 1. The van der Waals surface area contributed by atoms with E-state index in [9.17, 15) is 0 Å². The van der Waals surface area contributed by atoms with Crippen LogP contribution in [0.2, 0.25) is 0 Å². The first-order chi connectivity index (χ1) is 7.79. The maximum Gasteiger partial charge on any atom is 0.135 e. The minimum Gasteiger partial charge on any atom is -0.495 e. The van der Waals surface area contributed by atoms with E-state index >= 15 is 0 Å². The standard InChI is InChI=1S/C12H17BrN2O/c1-16-12-7-9(4-5-11(12)13)15-8-10-3-2-6-14-10/h4-5,7,10,14-15H,2-3,6,8H2,1H3. The molecular weight excluding hydrogens is 268 g/mol. The summed E-state index contributed by atoms with van der Waals surface area (Å²) in [5, 5.41) is 6.89. The first-order valence-corrected chi connectivity index (χ1v) is 6.39. The highest BCUT2D eigenvalue weighted by Gasteiger charge is 2.13. The molecule has 1 aromatic carbocycles. The van der Waals surface area contributed by atoms with Crippen LogP contribution in [0.5, 0.6) is 5.75 Å². The maximum atomic E-state index is 5.25. The van der Waals surface area contributed by atoms with Crippen LogP contribution >= 0.6 is 15.9 Å². The molecule has 3 nitrogen and oxygen atoms in total. The number of ether oxygens (including phenoxy) is 1. The van der Waals surface area contributed by atoms with E-state index in [-0.39, 0.29) is 0 Å². The van der Waals surface area contributed by atoms with Crippen LogP contribution in [-0.2, 0) is 0 Å². The van der Waals surface area contributed by atoms with Gasteiger partial charge in [-0.2, -0.15) is 0 Å². The van der Waals surface area contributed by atoms with E-state index in [0.717, 1.165) is 29.0 Å². The van der Waals surface area contributed by atoms with Gasteiger partial charge in [-0.1, -0.05) is 0 Å². The zero-order valence-corrected chi connectivity index (χ0v) is 11.0. The summed E-state index contributed by atoms with van der Waals surface area (Å²) < 4.78 is 6.24. The van der Waals surface area contributed by atoms with Gasteiger partial charge >= 0.3 is 0 Å². The van der Waals surface area contributed by atoms with Crippen molar-refractivity contribution in [1.82, 2.24) is 5.32 Å². The average molecular weight is 285 g/mol. The Morgan fingerprint density at radius 1 is 1.56 bits per heavy atom. The molecule has 2 N–H and O–H groups in total. The molecule has 1 unspecified atom stereocenters. The van der Waals surface area contributed by atoms with Gasteiger partial charge in [-0.05, 0) is 47.4 Å². The number of methoxy groups -OCH3 is 1. The highest BCUT2D eigenvalue weighted by Crippen LogP contribution is 2.27. The molecule has 1 atom stereocenters. The number of hydrogen-bond donors (Lipinski definition) is 2. The van der Waals surface area contributed by atoms with Crippen LogP contribution in [0.25, 0.3) is 0 Å². The van der Waals surface area contributed by atoms with E-state index in [0.29, 0.717) is 6.04 Å². The van der Waals surface area contributed by atoms with E-state index in [1.54, 1.807) is 7.11 Å². The van der Waals surface area contributed by atoms with Crippen molar-refractivity contribution in [2.45, 2.75) is 18.9 Å². The summed E-state index contributed by atoms with van der Waals surface area (Å²) in [4.78, 5) is 0. The molecule has 0 radical (unpaired) electrons. The summed E-state index contributed by atoms with van der Waals surface area (Å²) in [6, 6.07) is 6.68. The lowest BCUT2D eigenvalue weighted by atomic mass is 10.2. The molecule has 1 saturated heterocycles. The maximum absolute atomic E-state index is 5.25. The van der Waals surface area contributed by atoms with Gasteiger partial charge in [0.15, 0.2) is 0 Å². The van der Waals surface area contributed by atoms with Gasteiger partial charge in [0.25, 0.3) is 0 Å². The first kappa shape index (κ1) is 11.7. The molecule has 1 fully saturated rings. The second-order valence-corrected chi connectivity index (χ2v) is 4.88. The van der Waals surface area contributed by atoms with Gasteiger partial charge in [-0.3, -0.25) is 0 Å². The van der Waals surface area contributed by atoms with Crippen molar-refractivity contribution in [3.63, 3.8) is 0 Å². The number of anilines is 1. The van der Waals surface area contributed by atoms with Crippen LogP contribution < -0.4 is 15.4 Å². The van der Waals surface area contributed by atoms with Crippen molar-refractivity contribution >= 4 is 21.6 Å². The third kappa shape index (κ3) is 2.89. The molecule has 0 aliphatic carbocycles. The van der Waals surface area contributed by atoms with Crippen LogP contribution in [0, 0.1) is 0 Å². The molecule has 1 heterocycles. The zero-order valence-electron chi connectivity index (χ0n) is 9.42. The molecule has 2 rings (SSSR count). The Morgan fingerprint density at radius 3 is 3.12 bits per heavy atom. The first-order valence-electron chi connectivity index (χ1n) is 5.60. The fraction of sp³-hybridized carbons (Fsp3) is 0.500. The van der Waals surface area contributed by atoms with Crippen molar-refractivity contribution in [3.05, 3.63) is 22.7 Å². The summed E-state index contributed by atoms with van der Waals surface area (Å²) >= 11 is 3.44. The van der Waals surface area contributed by atoms with Crippen LogP contribution in [0.4, 0.5) is 5.69 Å². The number of nitrogens with one attached hydrogen (secondary N) is 2. The van der Waals surface area contributed by atoms with Crippen molar-refractivity contribution in [3.8, 4) is 5.75 Å². The van der Waals surface area contributed by atoms with E-state index in [1.807, 2.05) is 12.1 Å². The van der Waals surface area contributed by atoms with Gasteiger partial charge < -0.3 is 15.4 Å². The molecule has 0 spiro atoms. The van der Waals surface area contributed by atoms with E-state index in [1.165, 1.54) is 12.8 Å². The van der Waals surface area contributed by atoms with Crippen LogP contribution in [-0.4, -0.2) is 26.2 Å². The van der Waals surface area contributed by atoms with Gasteiger partial charge in [0.2, 0.25) is 0 Å². The van der Waals surface area contributed by atoms with Gasteiger partial charge in [0, 0.05) is 24.3 Å². The molecule has 1 aliphatic heterocycles. The Labute approximate surface area is 105 Å². The second kappa shape index (κ2) is 5.55. The predicted octanol–water partition coefficient (Wildman–Crippen LogP) is 2.62. The molecule has 0 saturated carbocycles. The Hall–Kier alpha value is -0.740. The highest BCUT2D eigenvalue weighted by molar-refractivity contribution is 9.10. The molecule has 0 bridgehead atoms. The molecule has 0 aromatic heterocycles. The number of benzene rings is 1. The second-order valence-electron chi connectivity index (χ2n) is 4.02. The fourth-order valence-corrected chi connectivity index (χ4v) is 2.35. The van der Waals surface area contributed by atoms with Crippen molar-refractivity contribution in [2.75, 3.05) is 25.5 Å². The molecule has 1 aromatic rings. The van der Waals surface area contributed by atoms with Crippen LogP contribution in [0.15, 0.2) is 22.7 Å². The normalized spacial score (nSPS) is 19.8. The summed E-state index contributed by atoms with van der Waals surface area (Å²) in [6.45, 7) is 2.13. The molecule has 88 valence electrons. The third-order valence-corrected chi connectivity index (χ3v) is 3.52. The van der Waals surface area contributed by atoms with Crippen molar-refractivity contribution in [2.24, 2.45) is 0 Å². The Kier molecular flexibility index (Phi) is 4.07. The Bertz CT molecular complexity index is 351. The van der Waals surface area contributed by atoms with Crippen LogP contribution in [0.1, 0.15) is 12.8 Å². The highest BCUT2D eigenvalue weighted by atomic mass is 79.9. The Morgan fingerprint density at radius 2 is 2.44 bits per heavy atom. The SMILES string of the molecule is COc1cc(NCC2CCCN2)ccc1Br. The Balaban J connectivity index is 1.93. The molecule has 4 heteroatoms. The molecular formula is C12H17BrN2O. The van der Waals surface area contributed by atoms with E-state index in [2.05, 4.69) is 32.6 Å². The number of hydrogen-bond acceptors (Lipinski definition) is 3. The monoisotopic (exact) mass is 284 g/mol. The smallest absolute Gasteiger partial charge is 0.135 e. The van der Waals surface area contributed by atoms with E-state index < -0.39 is 0 Å². The predicted molar refractivity (Wildman–Crippen MR) is 70.2 cm³/mol. The topological polar surface area (TPSA) is 33.3 Å². The quantitative estimate of drug-likeness (QED) is 0.892. The van der Waals surface area contributed by atoms with Crippen LogP contribution in [0.3, 0.4) is 0 Å². The largest absolute Gasteiger partial charge is 0.495 e. The summed E-state index contributed by atoms with van der Waals surface area (Å²) in [7, 11) is 1.68. The molecule has 1 aliphatic rings. The average Bonchev–Trinajstić information content (AvgIpc) is 2.81. The van der Waals surface area contributed by atoms with Crippen molar-refractivity contribution in [1.29, 1.82) is 0 Å². The summed E-state index contributed by atoms with van der Waals surface area (Å²) in [6.07, 6.45) is 2.55. The summed E-state index contributed by atoms with van der Waals surface area (Å²) in [5.41, 5.74) is 1.11. The molecule has 0 amide bonds. The minimum absolute atomic E-state index is 0.606. The van der Waals surface area contributed by atoms with Gasteiger partial charge in [0.1, 0.15) is 5.75 Å². The lowest BCUT2D eigenvalue weighted by molar-refractivity contribution is 0.412. The molecule has 16 heavy (non-hydrogen) atoms. The lowest BCUT2D eigenvalue weighted by Crippen LogP contribution is -2.29. The van der Waals surface area contributed by atoms with E-state index in [4.69, 9.17) is 4.74 Å². The van der Waals surface area contributed by atoms with Gasteiger partial charge in [0.05, 0.1) is 11.6 Å². The van der Waals surface area contributed by atoms with Gasteiger partial charge in [-0.15, -0.1) is 0 Å². The van der Waals surface area contributed by atoms with Gasteiger partial charge in [-0.25, -0.2) is 0 Å². The lowest BCUT2D eigenvalue weighted by Gasteiger charge is -2.13. The minimum atomic E-state index is 0.606. The number of rotatable bonds is 4. The fourth-order valence-electron chi connectivity index (χ4n) is 1.94. The van der Waals surface area contributed by atoms with Crippen molar-refractivity contribution < 1.29 is 4.74 Å². The summed E-state index contributed by atoms with van der Waals surface area (Å²) in [5.74, 6) is 0.865.